The van der Waals surface area contributed by atoms with E-state index in [1.165, 1.54) is 35.2 Å². The SMILES string of the molecule is O=C(COC(=O)c1ccccc1N1CCCC1=O)Nc1ccc(OC(F)F)cc1. The van der Waals surface area contributed by atoms with Crippen LogP contribution in [0.1, 0.15) is 23.2 Å². The standard InChI is InChI=1S/C20H18F2N2O5/c21-20(22)29-14-9-7-13(8-10-14)23-17(25)12-28-19(27)15-4-1-2-5-16(15)24-11-3-6-18(24)26/h1-2,4-5,7-10,20H,3,6,11-12H2,(H,23,25). The van der Waals surface area contributed by atoms with Gasteiger partial charge in [-0.15, -0.1) is 0 Å². The summed E-state index contributed by atoms with van der Waals surface area (Å²) in [5.41, 5.74) is 0.981. The van der Waals surface area contributed by atoms with E-state index in [1.54, 1.807) is 18.2 Å². The molecule has 0 aliphatic carbocycles. The second-order valence-corrected chi connectivity index (χ2v) is 6.19. The largest absolute Gasteiger partial charge is 0.452 e. The zero-order valence-corrected chi connectivity index (χ0v) is 15.3. The molecule has 2 aromatic rings. The highest BCUT2D eigenvalue weighted by molar-refractivity contribution is 6.04. The zero-order chi connectivity index (χ0) is 20.8. The van der Waals surface area contributed by atoms with Crippen molar-refractivity contribution in [3.8, 4) is 5.75 Å². The number of benzene rings is 2. The van der Waals surface area contributed by atoms with Crippen molar-refractivity contribution in [2.24, 2.45) is 0 Å². The smallest absolute Gasteiger partial charge is 0.387 e. The number of carbonyl (C=O) groups is 3. The van der Waals surface area contributed by atoms with Crippen LogP contribution in [0.15, 0.2) is 48.5 Å². The van der Waals surface area contributed by atoms with Gasteiger partial charge in [0.25, 0.3) is 5.91 Å². The van der Waals surface area contributed by atoms with Gasteiger partial charge in [0, 0.05) is 18.7 Å². The number of nitrogens with zero attached hydrogens (tertiary/aromatic N) is 1. The van der Waals surface area contributed by atoms with Gasteiger partial charge in [-0.25, -0.2) is 4.79 Å². The summed E-state index contributed by atoms with van der Waals surface area (Å²) in [6.07, 6.45) is 1.14. The number of nitrogens with one attached hydrogen (secondary N) is 1. The minimum Gasteiger partial charge on any atom is -0.452 e. The Morgan fingerprint density at radius 3 is 2.48 bits per heavy atom. The number of alkyl halides is 2. The number of hydrogen-bond donors (Lipinski definition) is 1. The quantitative estimate of drug-likeness (QED) is 0.717. The number of rotatable bonds is 7. The van der Waals surface area contributed by atoms with E-state index < -0.39 is 25.1 Å². The lowest BCUT2D eigenvalue weighted by molar-refractivity contribution is -0.119. The van der Waals surface area contributed by atoms with Crippen molar-refractivity contribution in [3.63, 3.8) is 0 Å². The lowest BCUT2D eigenvalue weighted by atomic mass is 10.1. The molecule has 152 valence electrons. The fourth-order valence-electron chi connectivity index (χ4n) is 2.91. The molecule has 29 heavy (non-hydrogen) atoms. The van der Waals surface area contributed by atoms with Crippen LogP contribution < -0.4 is 15.0 Å². The number of para-hydroxylation sites is 1. The predicted molar refractivity (Wildman–Crippen MR) is 100 cm³/mol. The van der Waals surface area contributed by atoms with Crippen LogP contribution in [0.4, 0.5) is 20.2 Å². The van der Waals surface area contributed by atoms with Crippen molar-refractivity contribution in [1.82, 2.24) is 0 Å². The van der Waals surface area contributed by atoms with Gasteiger partial charge in [-0.2, -0.15) is 8.78 Å². The van der Waals surface area contributed by atoms with Gasteiger partial charge in [-0.1, -0.05) is 12.1 Å². The Morgan fingerprint density at radius 2 is 1.83 bits per heavy atom. The van der Waals surface area contributed by atoms with E-state index in [0.717, 1.165) is 0 Å². The molecular weight excluding hydrogens is 386 g/mol. The van der Waals surface area contributed by atoms with E-state index in [4.69, 9.17) is 4.74 Å². The Kier molecular flexibility index (Phi) is 6.38. The van der Waals surface area contributed by atoms with E-state index >= 15 is 0 Å². The average Bonchev–Trinajstić information content (AvgIpc) is 3.13. The van der Waals surface area contributed by atoms with Crippen LogP contribution in [0.5, 0.6) is 5.75 Å². The predicted octanol–water partition coefficient (Wildman–Crippen LogP) is 3.21. The summed E-state index contributed by atoms with van der Waals surface area (Å²) in [4.78, 5) is 37.9. The Hall–Kier alpha value is -3.49. The summed E-state index contributed by atoms with van der Waals surface area (Å²) < 4.78 is 33.5. The van der Waals surface area contributed by atoms with Crippen molar-refractivity contribution in [2.75, 3.05) is 23.4 Å². The van der Waals surface area contributed by atoms with Gasteiger partial charge in [0.05, 0.1) is 11.3 Å². The molecular formula is C20H18F2N2O5. The van der Waals surface area contributed by atoms with Crippen LogP contribution in [0.2, 0.25) is 0 Å². The molecule has 1 fully saturated rings. The molecule has 0 aromatic heterocycles. The number of halogens is 2. The van der Waals surface area contributed by atoms with E-state index in [0.29, 0.717) is 30.8 Å². The third-order valence-electron chi connectivity index (χ3n) is 4.19. The van der Waals surface area contributed by atoms with Crippen LogP contribution >= 0.6 is 0 Å². The molecule has 1 N–H and O–H groups in total. The van der Waals surface area contributed by atoms with Crippen LogP contribution in [0.3, 0.4) is 0 Å². The average molecular weight is 404 g/mol. The summed E-state index contributed by atoms with van der Waals surface area (Å²) >= 11 is 0. The first kappa shape index (κ1) is 20.2. The molecule has 2 aromatic carbocycles. The van der Waals surface area contributed by atoms with Crippen molar-refractivity contribution in [3.05, 3.63) is 54.1 Å². The molecule has 3 rings (SSSR count). The lowest BCUT2D eigenvalue weighted by Crippen LogP contribution is -2.27. The van der Waals surface area contributed by atoms with Crippen molar-refractivity contribution in [1.29, 1.82) is 0 Å². The van der Waals surface area contributed by atoms with Gasteiger partial charge < -0.3 is 19.7 Å². The number of hydrogen-bond acceptors (Lipinski definition) is 5. The van der Waals surface area contributed by atoms with Crippen LogP contribution in [0.25, 0.3) is 0 Å². The number of anilines is 2. The summed E-state index contributed by atoms with van der Waals surface area (Å²) in [5, 5.41) is 2.48. The van der Waals surface area contributed by atoms with Crippen molar-refractivity contribution < 1.29 is 32.6 Å². The minimum atomic E-state index is -2.94. The molecule has 9 heteroatoms. The maximum Gasteiger partial charge on any atom is 0.387 e. The van der Waals surface area contributed by atoms with Crippen molar-refractivity contribution in [2.45, 2.75) is 19.5 Å². The van der Waals surface area contributed by atoms with Gasteiger partial charge in [0.15, 0.2) is 6.61 Å². The molecule has 1 heterocycles. The second-order valence-electron chi connectivity index (χ2n) is 6.19. The van der Waals surface area contributed by atoms with Crippen LogP contribution in [-0.2, 0) is 14.3 Å². The normalized spacial score (nSPS) is 13.5. The van der Waals surface area contributed by atoms with Gasteiger partial charge >= 0.3 is 12.6 Å². The first-order valence-corrected chi connectivity index (χ1v) is 8.85. The molecule has 2 amide bonds. The topological polar surface area (TPSA) is 84.9 Å². The van der Waals surface area contributed by atoms with E-state index in [2.05, 4.69) is 10.1 Å². The Bertz CT molecular complexity index is 902. The number of carbonyl (C=O) groups excluding carboxylic acids is 3. The molecule has 0 radical (unpaired) electrons. The number of esters is 1. The molecule has 0 spiro atoms. The molecule has 1 saturated heterocycles. The molecule has 1 aliphatic rings. The number of ether oxygens (including phenoxy) is 2. The molecule has 0 unspecified atom stereocenters. The van der Waals surface area contributed by atoms with E-state index in [9.17, 15) is 23.2 Å². The Balaban J connectivity index is 1.57. The summed E-state index contributed by atoms with van der Waals surface area (Å²) in [6.45, 7) is -2.96. The highest BCUT2D eigenvalue weighted by atomic mass is 19.3. The fraction of sp³-hybridized carbons (Fsp3) is 0.250. The second kappa shape index (κ2) is 9.13. The summed E-state index contributed by atoms with van der Waals surface area (Å²) in [7, 11) is 0. The fourth-order valence-corrected chi connectivity index (χ4v) is 2.91. The van der Waals surface area contributed by atoms with Crippen LogP contribution in [-0.4, -0.2) is 37.5 Å². The van der Waals surface area contributed by atoms with Gasteiger partial charge in [0.2, 0.25) is 5.91 Å². The third-order valence-corrected chi connectivity index (χ3v) is 4.19. The van der Waals surface area contributed by atoms with Crippen LogP contribution in [0, 0.1) is 0 Å². The number of amides is 2. The third kappa shape index (κ3) is 5.28. The van der Waals surface area contributed by atoms with E-state index in [1.807, 2.05) is 0 Å². The first-order chi connectivity index (χ1) is 13.9. The molecule has 7 nitrogen and oxygen atoms in total. The highest BCUT2D eigenvalue weighted by Gasteiger charge is 2.26. The van der Waals surface area contributed by atoms with E-state index in [-0.39, 0.29) is 17.2 Å². The zero-order valence-electron chi connectivity index (χ0n) is 15.3. The Labute approximate surface area is 165 Å². The summed E-state index contributed by atoms with van der Waals surface area (Å²) in [5.74, 6) is -1.44. The van der Waals surface area contributed by atoms with Crippen molar-refractivity contribution >= 4 is 29.2 Å². The molecule has 1 aliphatic heterocycles. The maximum atomic E-state index is 12.4. The highest BCUT2D eigenvalue weighted by Crippen LogP contribution is 2.26. The van der Waals surface area contributed by atoms with Gasteiger partial charge in [-0.3, -0.25) is 9.59 Å². The van der Waals surface area contributed by atoms with Gasteiger partial charge in [0.1, 0.15) is 5.75 Å². The molecule has 0 bridgehead atoms. The molecule has 0 saturated carbocycles. The summed E-state index contributed by atoms with van der Waals surface area (Å²) in [6, 6.07) is 11.9. The van der Waals surface area contributed by atoms with Gasteiger partial charge in [-0.05, 0) is 42.8 Å². The molecule has 0 atom stereocenters. The monoisotopic (exact) mass is 404 g/mol. The lowest BCUT2D eigenvalue weighted by Gasteiger charge is -2.18. The first-order valence-electron chi connectivity index (χ1n) is 8.85. The Morgan fingerprint density at radius 1 is 1.10 bits per heavy atom. The minimum absolute atomic E-state index is 0.0440. The maximum absolute atomic E-state index is 12.4.